The maximum atomic E-state index is 10.9. The first-order valence-electron chi connectivity index (χ1n) is 4.50. The summed E-state index contributed by atoms with van der Waals surface area (Å²) in [6.45, 7) is 0. The average molecular weight is 330 g/mol. The summed E-state index contributed by atoms with van der Waals surface area (Å²) in [6.07, 6.45) is 1.68. The van der Waals surface area contributed by atoms with Crippen molar-refractivity contribution in [2.75, 3.05) is 11.7 Å². The fourth-order valence-electron chi connectivity index (χ4n) is 1.24. The number of hydrogen-bond donors (Lipinski definition) is 1. The minimum Gasteiger partial charge on any atom is -0.744 e. The van der Waals surface area contributed by atoms with Crippen molar-refractivity contribution < 1.29 is 51.8 Å². The number of benzene rings is 1. The fraction of sp³-hybridized carbons (Fsp3) is 0.125. The monoisotopic (exact) mass is 330 g/mol. The summed E-state index contributed by atoms with van der Waals surface area (Å²) in [7, 11) is -4.47. The Balaban J connectivity index is 0.00000180. The van der Waals surface area contributed by atoms with Crippen LogP contribution in [0.2, 0.25) is 0 Å². The Hall–Kier alpha value is 0.0900. The van der Waals surface area contributed by atoms with E-state index in [1.165, 1.54) is 18.2 Å². The van der Waals surface area contributed by atoms with E-state index in [4.69, 9.17) is 0 Å². The molecular formula is C8H7N2NaO5S3. The molecule has 0 saturated carbocycles. The summed E-state index contributed by atoms with van der Waals surface area (Å²) < 4.78 is 41.1. The van der Waals surface area contributed by atoms with Crippen molar-refractivity contribution >= 4 is 49.6 Å². The van der Waals surface area contributed by atoms with Crippen LogP contribution in [0.15, 0.2) is 23.1 Å². The molecule has 0 spiro atoms. The number of fused-ring (bicyclic) bond motifs is 1. The molecular weight excluding hydrogens is 323 g/mol. The van der Waals surface area contributed by atoms with Gasteiger partial charge >= 0.3 is 29.6 Å². The van der Waals surface area contributed by atoms with Gasteiger partial charge in [-0.1, -0.05) is 0 Å². The number of anilines is 1. The molecule has 19 heavy (non-hydrogen) atoms. The standard InChI is InChI=1S/C8H8N2O5S3.Na/c1-16-15-14-9-8-6-3-2-5(18(11,12)13)4-7(6)10-17-8;/h2-4,9H,1H3,(H,11,12,13);/q;+1/p-1. The molecule has 0 radical (unpaired) electrons. The second-order valence-electron chi connectivity index (χ2n) is 3.06. The van der Waals surface area contributed by atoms with E-state index in [1.807, 2.05) is 0 Å². The molecule has 98 valence electrons. The van der Waals surface area contributed by atoms with Crippen LogP contribution in [-0.2, 0) is 19.4 Å². The maximum absolute atomic E-state index is 10.9. The number of aromatic nitrogens is 1. The zero-order chi connectivity index (χ0) is 13.2. The molecule has 1 heterocycles. The molecule has 0 bridgehead atoms. The summed E-state index contributed by atoms with van der Waals surface area (Å²) in [5.74, 6) is 0. The van der Waals surface area contributed by atoms with Gasteiger partial charge in [-0.15, -0.1) is 9.32 Å². The first kappa shape index (κ1) is 17.1. The van der Waals surface area contributed by atoms with Crippen molar-refractivity contribution in [3.63, 3.8) is 0 Å². The van der Waals surface area contributed by atoms with Crippen LogP contribution in [0.25, 0.3) is 10.9 Å². The second kappa shape index (κ2) is 7.20. The van der Waals surface area contributed by atoms with Gasteiger partial charge < -0.3 is 4.55 Å². The normalized spacial score (nSPS) is 11.3. The number of nitrogens with one attached hydrogen (secondary N) is 1. The fourth-order valence-corrected chi connectivity index (χ4v) is 2.52. The number of rotatable bonds is 5. The third kappa shape index (κ3) is 4.28. The van der Waals surface area contributed by atoms with Crippen LogP contribution in [0.4, 0.5) is 5.00 Å². The summed E-state index contributed by atoms with van der Waals surface area (Å²) in [5, 5.41) is 1.19. The molecule has 0 unspecified atom stereocenters. The van der Waals surface area contributed by atoms with E-state index >= 15 is 0 Å². The topological polar surface area (TPSA) is 101 Å². The van der Waals surface area contributed by atoms with Crippen LogP contribution in [0.5, 0.6) is 0 Å². The second-order valence-corrected chi connectivity index (χ2v) is 5.69. The van der Waals surface area contributed by atoms with Gasteiger partial charge in [-0.2, -0.15) is 4.37 Å². The molecule has 0 aliphatic heterocycles. The predicted octanol–water partition coefficient (Wildman–Crippen LogP) is -1.24. The Morgan fingerprint density at radius 2 is 2.21 bits per heavy atom. The van der Waals surface area contributed by atoms with Crippen molar-refractivity contribution in [1.82, 2.24) is 4.37 Å². The smallest absolute Gasteiger partial charge is 0.744 e. The Morgan fingerprint density at radius 3 is 2.84 bits per heavy atom. The molecule has 0 aliphatic carbocycles. The summed E-state index contributed by atoms with van der Waals surface area (Å²) in [4.78, 5) is 4.32. The van der Waals surface area contributed by atoms with E-state index in [0.29, 0.717) is 15.9 Å². The summed E-state index contributed by atoms with van der Waals surface area (Å²) in [6, 6.07) is 3.92. The zero-order valence-electron chi connectivity index (χ0n) is 9.95. The zero-order valence-corrected chi connectivity index (χ0v) is 14.4. The first-order chi connectivity index (χ1) is 8.52. The first-order valence-corrected chi connectivity index (χ1v) is 7.83. The third-order valence-electron chi connectivity index (χ3n) is 1.97. The summed E-state index contributed by atoms with van der Waals surface area (Å²) >= 11 is 2.07. The van der Waals surface area contributed by atoms with Gasteiger partial charge in [-0.25, -0.2) is 13.9 Å². The Labute approximate surface area is 140 Å². The molecule has 1 N–H and O–H groups in total. The van der Waals surface area contributed by atoms with E-state index in [2.05, 4.69) is 19.2 Å². The predicted molar refractivity (Wildman–Crippen MR) is 66.9 cm³/mol. The van der Waals surface area contributed by atoms with Gasteiger partial charge in [-0.3, -0.25) is 0 Å². The Morgan fingerprint density at radius 1 is 1.47 bits per heavy atom. The van der Waals surface area contributed by atoms with Crippen molar-refractivity contribution in [3.8, 4) is 0 Å². The van der Waals surface area contributed by atoms with Gasteiger partial charge in [-0.05, 0) is 29.7 Å². The molecule has 0 fully saturated rings. The van der Waals surface area contributed by atoms with E-state index in [-0.39, 0.29) is 34.5 Å². The molecule has 0 atom stereocenters. The molecule has 2 aromatic rings. The van der Waals surface area contributed by atoms with Gasteiger partial charge in [0.15, 0.2) is 0 Å². The molecule has 7 nitrogen and oxygen atoms in total. The summed E-state index contributed by atoms with van der Waals surface area (Å²) in [5.41, 5.74) is 2.91. The molecule has 0 aliphatic rings. The molecule has 2 rings (SSSR count). The van der Waals surface area contributed by atoms with Crippen LogP contribution < -0.4 is 35.0 Å². The van der Waals surface area contributed by atoms with Crippen molar-refractivity contribution in [2.45, 2.75) is 4.90 Å². The van der Waals surface area contributed by atoms with Crippen LogP contribution in [0.3, 0.4) is 0 Å². The largest absolute Gasteiger partial charge is 1.00 e. The van der Waals surface area contributed by atoms with Gasteiger partial charge in [0.25, 0.3) is 0 Å². The average Bonchev–Trinajstić information content (AvgIpc) is 2.71. The minimum atomic E-state index is -4.47. The van der Waals surface area contributed by atoms with E-state index in [9.17, 15) is 13.0 Å². The van der Waals surface area contributed by atoms with Crippen LogP contribution in [-0.4, -0.2) is 23.6 Å². The molecule has 11 heteroatoms. The molecule has 1 aromatic carbocycles. The Bertz CT molecular complexity index is 659. The van der Waals surface area contributed by atoms with Gasteiger partial charge in [0.2, 0.25) is 0 Å². The molecule has 0 amide bonds. The van der Waals surface area contributed by atoms with Crippen molar-refractivity contribution in [1.29, 1.82) is 0 Å². The van der Waals surface area contributed by atoms with Crippen LogP contribution >= 0.6 is 23.6 Å². The van der Waals surface area contributed by atoms with Gasteiger partial charge in [0.1, 0.15) is 15.1 Å². The van der Waals surface area contributed by atoms with Crippen molar-refractivity contribution in [2.24, 2.45) is 0 Å². The Kier molecular flexibility index (Phi) is 6.50. The SMILES string of the molecule is CSOONc1snc2cc(S(=O)(=O)[O-])ccc12.[Na+]. The van der Waals surface area contributed by atoms with Gasteiger partial charge in [0, 0.05) is 23.7 Å². The third-order valence-corrected chi connectivity index (χ3v) is 3.78. The van der Waals surface area contributed by atoms with E-state index in [0.717, 1.165) is 23.6 Å². The molecule has 1 aromatic heterocycles. The number of hydrogen-bond acceptors (Lipinski definition) is 9. The van der Waals surface area contributed by atoms with Crippen LogP contribution in [0.1, 0.15) is 0 Å². The van der Waals surface area contributed by atoms with Crippen LogP contribution in [0, 0.1) is 0 Å². The van der Waals surface area contributed by atoms with E-state index in [1.54, 1.807) is 6.26 Å². The quantitative estimate of drug-likeness (QED) is 0.181. The van der Waals surface area contributed by atoms with Crippen molar-refractivity contribution in [3.05, 3.63) is 18.2 Å². The minimum absolute atomic E-state index is 0. The van der Waals surface area contributed by atoms with Gasteiger partial charge in [0.05, 0.1) is 10.4 Å². The maximum Gasteiger partial charge on any atom is 1.00 e. The number of nitrogens with zero attached hydrogens (tertiary/aromatic N) is 1. The van der Waals surface area contributed by atoms with E-state index < -0.39 is 10.1 Å². The molecule has 0 saturated heterocycles.